The van der Waals surface area contributed by atoms with Crippen molar-refractivity contribution in [1.29, 1.82) is 0 Å². The second-order valence-electron chi connectivity index (χ2n) is 16.4. The van der Waals surface area contributed by atoms with E-state index in [0.717, 1.165) is 0 Å². The summed E-state index contributed by atoms with van der Waals surface area (Å²) < 4.78 is 37.4. The van der Waals surface area contributed by atoms with E-state index in [4.69, 9.17) is 28.1 Å². The van der Waals surface area contributed by atoms with Gasteiger partial charge in [-0.3, -0.25) is 14.4 Å². The Morgan fingerprint density at radius 3 is 1.78 bits per heavy atom. The largest absolute Gasteiger partial charge is 0.483 e. The van der Waals surface area contributed by atoms with Crippen LogP contribution in [0.25, 0.3) is 11.0 Å². The molecule has 1 aromatic heterocycles. The van der Waals surface area contributed by atoms with E-state index in [-0.39, 0.29) is 40.6 Å². The Kier molecular flexibility index (Phi) is 6.67. The number of esters is 4. The molecule has 4 fully saturated rings. The summed E-state index contributed by atoms with van der Waals surface area (Å²) in [6.07, 6.45) is -0.970. The Hall–Kier alpha value is -4.09. The zero-order valence-electron chi connectivity index (χ0n) is 29.8. The van der Waals surface area contributed by atoms with Crippen molar-refractivity contribution in [2.24, 2.45) is 21.7 Å². The van der Waals surface area contributed by atoms with Gasteiger partial charge in [-0.1, -0.05) is 34.6 Å². The summed E-state index contributed by atoms with van der Waals surface area (Å²) in [4.78, 5) is 69.0. The third kappa shape index (κ3) is 3.72. The van der Waals surface area contributed by atoms with Crippen molar-refractivity contribution in [3.63, 3.8) is 0 Å². The maximum atomic E-state index is 14.6. The van der Waals surface area contributed by atoms with Gasteiger partial charge in [0.05, 0.1) is 21.8 Å². The first kappa shape index (κ1) is 33.4. The minimum Gasteiger partial charge on any atom is -0.483 e. The fourth-order valence-electron chi connectivity index (χ4n) is 9.17. The number of aryl methyl sites for hydroxylation is 1. The van der Waals surface area contributed by atoms with Crippen LogP contribution in [0.5, 0.6) is 5.75 Å². The normalized spacial score (nSPS) is 35.7. The van der Waals surface area contributed by atoms with Gasteiger partial charge in [-0.15, -0.1) is 0 Å². The first-order valence-electron chi connectivity index (χ1n) is 17.1. The Labute approximate surface area is 284 Å². The number of benzene rings is 1. The van der Waals surface area contributed by atoms with E-state index in [1.165, 1.54) is 0 Å². The number of hydrogen-bond acceptors (Lipinski definition) is 12. The lowest BCUT2D eigenvalue weighted by Crippen LogP contribution is -2.57. The van der Waals surface area contributed by atoms with Crippen LogP contribution < -0.4 is 15.5 Å². The molecule has 7 rings (SSSR count). The molecule has 1 N–H and O–H groups in total. The van der Waals surface area contributed by atoms with Crippen molar-refractivity contribution in [3.05, 3.63) is 33.7 Å². The molecule has 5 aliphatic rings. The first-order valence-corrected chi connectivity index (χ1v) is 17.1. The lowest BCUT2D eigenvalue weighted by Gasteiger charge is -2.45. The van der Waals surface area contributed by atoms with Crippen LogP contribution in [0.15, 0.2) is 21.3 Å². The molecule has 2 aromatic rings. The average molecular weight is 680 g/mol. The van der Waals surface area contributed by atoms with Crippen LogP contribution in [-0.2, 0) is 44.5 Å². The second kappa shape index (κ2) is 9.78. The number of fused-ring (bicyclic) bond motifs is 7. The highest BCUT2D eigenvalue weighted by Crippen LogP contribution is 2.67. The van der Waals surface area contributed by atoms with Crippen molar-refractivity contribution >= 4 is 40.5 Å². The SMILES string of the molecule is CCc1oc2c3c(ccc2c(=O)c1NC)OC(C)(C)[C@H](OC(=O)C12CC[C@](C)(C(=O)O1)C2(C)C)[C@@H]3OC(=O)C12CC[C@@](C)(C(=O)O1)C2(C)C. The zero-order valence-corrected chi connectivity index (χ0v) is 29.8. The van der Waals surface area contributed by atoms with E-state index >= 15 is 0 Å². The molecule has 49 heavy (non-hydrogen) atoms. The Bertz CT molecular complexity index is 1920. The van der Waals surface area contributed by atoms with E-state index < -0.39 is 74.5 Å². The quantitative estimate of drug-likeness (QED) is 0.311. The summed E-state index contributed by atoms with van der Waals surface area (Å²) in [6.45, 7) is 16.1. The van der Waals surface area contributed by atoms with Crippen molar-refractivity contribution in [2.45, 2.75) is 123 Å². The van der Waals surface area contributed by atoms with Gasteiger partial charge >= 0.3 is 23.9 Å². The van der Waals surface area contributed by atoms with Gasteiger partial charge in [-0.2, -0.15) is 0 Å². The van der Waals surface area contributed by atoms with Gasteiger partial charge in [0.15, 0.2) is 12.2 Å². The molecule has 264 valence electrons. The average Bonchev–Trinajstić information content (AvgIpc) is 3.49. The molecule has 0 amide bonds. The van der Waals surface area contributed by atoms with E-state index in [2.05, 4.69) is 5.32 Å². The summed E-state index contributed by atoms with van der Waals surface area (Å²) in [5, 5.41) is 3.13. The summed E-state index contributed by atoms with van der Waals surface area (Å²) in [5.41, 5.74) is -7.86. The number of carbonyl (C=O) groups is 4. The van der Waals surface area contributed by atoms with Crippen LogP contribution in [0.1, 0.15) is 105 Å². The molecule has 12 nitrogen and oxygen atoms in total. The second-order valence-corrected chi connectivity index (χ2v) is 16.4. The Morgan fingerprint density at radius 2 is 1.33 bits per heavy atom. The molecule has 2 aliphatic carbocycles. The molecule has 3 aliphatic heterocycles. The summed E-state index contributed by atoms with van der Waals surface area (Å²) >= 11 is 0. The van der Waals surface area contributed by atoms with Gasteiger partial charge < -0.3 is 33.4 Å². The van der Waals surface area contributed by atoms with E-state index in [1.54, 1.807) is 46.9 Å². The molecule has 0 radical (unpaired) electrons. The van der Waals surface area contributed by atoms with Crippen LogP contribution in [0, 0.1) is 21.7 Å². The molecule has 2 saturated carbocycles. The number of ether oxygens (including phenoxy) is 5. The predicted molar refractivity (Wildman–Crippen MR) is 175 cm³/mol. The van der Waals surface area contributed by atoms with Gasteiger partial charge in [0.25, 0.3) is 0 Å². The van der Waals surface area contributed by atoms with Crippen molar-refractivity contribution in [1.82, 2.24) is 0 Å². The zero-order chi connectivity index (χ0) is 35.9. The van der Waals surface area contributed by atoms with Gasteiger partial charge in [0.2, 0.25) is 16.6 Å². The van der Waals surface area contributed by atoms with Crippen LogP contribution in [0.3, 0.4) is 0 Å². The van der Waals surface area contributed by atoms with Crippen molar-refractivity contribution in [3.8, 4) is 5.75 Å². The minimum atomic E-state index is -1.61. The standard InChI is InChI=1S/C37H45NO11/c1-11-19-22(38-10)23(39)18-12-13-20-21(24(18)44-19)25(45-29(42)36-16-14-34(8,27(40)48-36)32(36,4)5)26(31(2,3)47-20)46-30(43)37-17-15-35(9,28(41)49-37)33(37,6)7/h12-13,25-26,38H,11,14-17H2,1-10H3/t25-,26-,34+,35-,36?,37?/m1/s1. The topological polar surface area (TPSA) is 157 Å². The number of carbonyl (C=O) groups excluding carboxylic acids is 4. The van der Waals surface area contributed by atoms with Crippen molar-refractivity contribution in [2.75, 3.05) is 12.4 Å². The fourth-order valence-corrected chi connectivity index (χ4v) is 9.17. The monoisotopic (exact) mass is 679 g/mol. The maximum Gasteiger partial charge on any atom is 0.351 e. The highest BCUT2D eigenvalue weighted by atomic mass is 16.7. The maximum absolute atomic E-state index is 14.6. The van der Waals surface area contributed by atoms with Gasteiger partial charge in [-0.05, 0) is 65.5 Å². The molecule has 1 aromatic carbocycles. The smallest absolute Gasteiger partial charge is 0.351 e. The fraction of sp³-hybridized carbons (Fsp3) is 0.649. The van der Waals surface area contributed by atoms with Gasteiger partial charge in [0, 0.05) is 24.3 Å². The van der Waals surface area contributed by atoms with E-state index in [1.807, 2.05) is 34.6 Å². The molecule has 12 heteroatoms. The van der Waals surface area contributed by atoms with Gasteiger partial charge in [-0.25, -0.2) is 9.59 Å². The third-order valence-electron chi connectivity index (χ3n) is 13.6. The Morgan fingerprint density at radius 1 is 0.796 bits per heavy atom. The molecule has 2 saturated heterocycles. The van der Waals surface area contributed by atoms with E-state index in [0.29, 0.717) is 30.7 Å². The lowest BCUT2D eigenvalue weighted by molar-refractivity contribution is -0.217. The highest BCUT2D eigenvalue weighted by molar-refractivity contribution is 5.95. The lowest BCUT2D eigenvalue weighted by atomic mass is 9.66. The summed E-state index contributed by atoms with van der Waals surface area (Å²) in [5.74, 6) is -1.90. The van der Waals surface area contributed by atoms with Crippen molar-refractivity contribution < 1.29 is 47.3 Å². The molecular weight excluding hydrogens is 634 g/mol. The number of anilines is 1. The van der Waals surface area contributed by atoms with Crippen LogP contribution in [0.2, 0.25) is 0 Å². The first-order chi connectivity index (χ1) is 22.7. The van der Waals surface area contributed by atoms with Crippen LogP contribution in [0.4, 0.5) is 5.69 Å². The number of rotatable bonds is 6. The molecule has 6 atom stereocenters. The molecule has 0 spiro atoms. The predicted octanol–water partition coefficient (Wildman–Crippen LogP) is 5.31. The van der Waals surface area contributed by atoms with Crippen LogP contribution in [-0.4, -0.2) is 53.8 Å². The highest BCUT2D eigenvalue weighted by Gasteiger charge is 2.78. The molecule has 2 unspecified atom stereocenters. The minimum absolute atomic E-state index is 0.114. The van der Waals surface area contributed by atoms with E-state index in [9.17, 15) is 24.0 Å². The number of hydrogen-bond donors (Lipinski definition) is 1. The Balaban J connectivity index is 1.40. The molecule has 4 heterocycles. The summed E-state index contributed by atoms with van der Waals surface area (Å²) in [6, 6.07) is 3.19. The molecular formula is C37H45NO11. The van der Waals surface area contributed by atoms with Gasteiger partial charge in [0.1, 0.15) is 28.4 Å². The van der Waals surface area contributed by atoms with Crippen LogP contribution >= 0.6 is 0 Å². The third-order valence-corrected chi connectivity index (χ3v) is 13.6. The summed E-state index contributed by atoms with van der Waals surface area (Å²) in [7, 11) is 1.63. The molecule has 4 bridgehead atoms. The number of nitrogens with one attached hydrogen (secondary N) is 1.